The van der Waals surface area contributed by atoms with Gasteiger partial charge in [-0.2, -0.15) is 0 Å². The van der Waals surface area contributed by atoms with Crippen molar-refractivity contribution in [2.75, 3.05) is 11.9 Å². The molecule has 9 heteroatoms. The monoisotopic (exact) mass is 394 g/mol. The molecule has 0 radical (unpaired) electrons. The Kier molecular flexibility index (Phi) is 4.49. The van der Waals surface area contributed by atoms with E-state index in [1.54, 1.807) is 18.2 Å². The Bertz CT molecular complexity index is 778. The summed E-state index contributed by atoms with van der Waals surface area (Å²) in [4.78, 5) is 37.4. The average molecular weight is 395 g/mol. The van der Waals surface area contributed by atoms with Gasteiger partial charge in [0.05, 0.1) is 11.1 Å². The molecule has 1 N–H and O–H groups in total. The third-order valence-corrected chi connectivity index (χ3v) is 4.42. The third kappa shape index (κ3) is 3.30. The van der Waals surface area contributed by atoms with Gasteiger partial charge < -0.3 is 5.32 Å². The van der Waals surface area contributed by atoms with Crippen LogP contribution in [0.25, 0.3) is 0 Å². The van der Waals surface area contributed by atoms with Crippen molar-refractivity contribution >= 4 is 50.1 Å². The van der Waals surface area contributed by atoms with Gasteiger partial charge in [0.1, 0.15) is 5.51 Å². The maximum atomic E-state index is 12.3. The summed E-state index contributed by atoms with van der Waals surface area (Å²) in [7, 11) is 0. The Morgan fingerprint density at radius 3 is 2.78 bits per heavy atom. The smallest absolute Gasteiger partial charge is 0.261 e. The van der Waals surface area contributed by atoms with Gasteiger partial charge in [-0.15, -0.1) is 10.2 Å². The van der Waals surface area contributed by atoms with Crippen molar-refractivity contribution in [1.29, 1.82) is 0 Å². The number of carbonyl (C=O) groups excluding carboxylic acids is 3. The zero-order valence-electron chi connectivity index (χ0n) is 11.8. The summed E-state index contributed by atoms with van der Waals surface area (Å²) in [5.41, 5.74) is 2.31. The molecule has 0 aliphatic carbocycles. The molecule has 0 fully saturated rings. The summed E-state index contributed by atoms with van der Waals surface area (Å²) >= 11 is 4.51. The van der Waals surface area contributed by atoms with Crippen LogP contribution in [0.1, 0.15) is 33.6 Å². The number of aromatic nitrogens is 2. The van der Waals surface area contributed by atoms with Crippen molar-refractivity contribution < 1.29 is 14.4 Å². The fraction of sp³-hybridized carbons (Fsp3) is 0.214. The van der Waals surface area contributed by atoms with Gasteiger partial charge in [0.15, 0.2) is 0 Å². The number of nitrogens with zero attached hydrogens (tertiary/aromatic N) is 3. The minimum absolute atomic E-state index is 0.191. The Morgan fingerprint density at radius 1 is 1.26 bits per heavy atom. The molecule has 0 unspecified atom stereocenters. The molecule has 7 nitrogen and oxygen atoms in total. The van der Waals surface area contributed by atoms with E-state index in [1.165, 1.54) is 21.7 Å². The van der Waals surface area contributed by atoms with Crippen LogP contribution in [0.4, 0.5) is 5.13 Å². The molecule has 0 bridgehead atoms. The molecule has 1 aromatic heterocycles. The average Bonchev–Trinajstić information content (AvgIpc) is 3.10. The van der Waals surface area contributed by atoms with Crippen molar-refractivity contribution in [2.24, 2.45) is 0 Å². The summed E-state index contributed by atoms with van der Waals surface area (Å²) in [6, 6.07) is 4.99. The minimum Gasteiger partial charge on any atom is -0.301 e. The number of hydrogen-bond acceptors (Lipinski definition) is 6. The first-order chi connectivity index (χ1) is 11.1. The maximum absolute atomic E-state index is 12.3. The molecule has 118 valence electrons. The number of hydrogen-bond donors (Lipinski definition) is 1. The van der Waals surface area contributed by atoms with Crippen LogP contribution in [0.15, 0.2) is 28.2 Å². The summed E-state index contributed by atoms with van der Waals surface area (Å²) in [5, 5.41) is 10.4. The molecule has 0 spiro atoms. The van der Waals surface area contributed by atoms with Gasteiger partial charge in [0, 0.05) is 17.4 Å². The van der Waals surface area contributed by atoms with Crippen LogP contribution >= 0.6 is 27.3 Å². The number of rotatable bonds is 5. The van der Waals surface area contributed by atoms with Crippen molar-refractivity contribution in [3.63, 3.8) is 0 Å². The topological polar surface area (TPSA) is 92.3 Å². The number of amides is 3. The van der Waals surface area contributed by atoms with E-state index < -0.39 is 0 Å². The largest absolute Gasteiger partial charge is 0.301 e. The van der Waals surface area contributed by atoms with E-state index in [9.17, 15) is 14.4 Å². The highest BCUT2D eigenvalue weighted by molar-refractivity contribution is 9.10. The zero-order chi connectivity index (χ0) is 16.4. The lowest BCUT2D eigenvalue weighted by atomic mass is 10.1. The number of benzene rings is 1. The maximum Gasteiger partial charge on any atom is 0.261 e. The van der Waals surface area contributed by atoms with Crippen molar-refractivity contribution in [1.82, 2.24) is 15.1 Å². The SMILES string of the molecule is O=C(CCCN1C(=O)c2ccc(Br)cc2C1=O)Nc1nncs1. The quantitative estimate of drug-likeness (QED) is 0.785. The van der Waals surface area contributed by atoms with Crippen LogP contribution < -0.4 is 5.32 Å². The third-order valence-electron chi connectivity index (χ3n) is 3.32. The highest BCUT2D eigenvalue weighted by atomic mass is 79.9. The molecule has 1 aromatic carbocycles. The Hall–Kier alpha value is -2.13. The summed E-state index contributed by atoms with van der Waals surface area (Å²) < 4.78 is 0.746. The fourth-order valence-electron chi connectivity index (χ4n) is 2.27. The van der Waals surface area contributed by atoms with Crippen molar-refractivity contribution in [2.45, 2.75) is 12.8 Å². The molecule has 3 amide bonds. The molecule has 23 heavy (non-hydrogen) atoms. The second-order valence-corrected chi connectivity index (χ2v) is 6.60. The zero-order valence-corrected chi connectivity index (χ0v) is 14.2. The molecular formula is C14H11BrN4O3S. The predicted octanol–water partition coefficient (Wildman–Crippen LogP) is 2.32. The number of nitrogens with one attached hydrogen (secondary N) is 1. The minimum atomic E-state index is -0.323. The molecule has 2 aromatic rings. The molecule has 1 aliphatic heterocycles. The van der Waals surface area contributed by atoms with Crippen molar-refractivity contribution in [3.8, 4) is 0 Å². The van der Waals surface area contributed by atoms with Gasteiger partial charge in [-0.25, -0.2) is 0 Å². The summed E-state index contributed by atoms with van der Waals surface area (Å²) in [6.07, 6.45) is 0.577. The molecule has 0 saturated heterocycles. The first kappa shape index (κ1) is 15.8. The fourth-order valence-corrected chi connectivity index (χ4v) is 3.10. The van der Waals surface area contributed by atoms with Gasteiger partial charge in [-0.3, -0.25) is 19.3 Å². The summed E-state index contributed by atoms with van der Waals surface area (Å²) in [5.74, 6) is -0.862. The van der Waals surface area contributed by atoms with Gasteiger partial charge in [-0.1, -0.05) is 27.3 Å². The van der Waals surface area contributed by atoms with Crippen LogP contribution in [-0.4, -0.2) is 39.4 Å². The Labute approximate surface area is 143 Å². The molecule has 1 aliphatic rings. The van der Waals surface area contributed by atoms with Crippen LogP contribution in [0.5, 0.6) is 0 Å². The number of fused-ring (bicyclic) bond motifs is 1. The van der Waals surface area contributed by atoms with Crippen LogP contribution in [-0.2, 0) is 4.79 Å². The van der Waals surface area contributed by atoms with E-state index in [2.05, 4.69) is 31.4 Å². The predicted molar refractivity (Wildman–Crippen MR) is 87.3 cm³/mol. The number of imide groups is 1. The number of anilines is 1. The lowest BCUT2D eigenvalue weighted by Gasteiger charge is -2.13. The summed E-state index contributed by atoms with van der Waals surface area (Å²) in [6.45, 7) is 0.202. The van der Waals surface area contributed by atoms with E-state index in [0.717, 1.165) is 4.47 Å². The van der Waals surface area contributed by atoms with Gasteiger partial charge >= 0.3 is 0 Å². The van der Waals surface area contributed by atoms with Gasteiger partial charge in [0.2, 0.25) is 11.0 Å². The lowest BCUT2D eigenvalue weighted by Crippen LogP contribution is -2.31. The molecule has 2 heterocycles. The van der Waals surface area contributed by atoms with Crippen LogP contribution in [0.2, 0.25) is 0 Å². The lowest BCUT2D eigenvalue weighted by molar-refractivity contribution is -0.116. The van der Waals surface area contributed by atoms with E-state index in [-0.39, 0.29) is 30.7 Å². The Morgan fingerprint density at radius 2 is 2.04 bits per heavy atom. The second kappa shape index (κ2) is 6.55. The molecular weight excluding hydrogens is 384 g/mol. The standard InChI is InChI=1S/C14H11BrN4O3S/c15-8-3-4-9-10(6-8)13(22)19(12(9)21)5-1-2-11(20)17-14-18-16-7-23-14/h3-4,6-7H,1-2,5H2,(H,17,18,20). The highest BCUT2D eigenvalue weighted by Gasteiger charge is 2.35. The normalized spacial score (nSPS) is 13.3. The molecule has 0 atom stereocenters. The van der Waals surface area contributed by atoms with E-state index >= 15 is 0 Å². The van der Waals surface area contributed by atoms with Crippen LogP contribution in [0.3, 0.4) is 0 Å². The first-order valence-electron chi connectivity index (χ1n) is 6.78. The first-order valence-corrected chi connectivity index (χ1v) is 8.45. The van der Waals surface area contributed by atoms with E-state index in [1.807, 2.05) is 0 Å². The van der Waals surface area contributed by atoms with Crippen LogP contribution in [0, 0.1) is 0 Å². The second-order valence-electron chi connectivity index (χ2n) is 4.85. The Balaban J connectivity index is 1.56. The molecule has 3 rings (SSSR count). The number of carbonyl (C=O) groups is 3. The highest BCUT2D eigenvalue weighted by Crippen LogP contribution is 2.26. The van der Waals surface area contributed by atoms with E-state index in [4.69, 9.17) is 0 Å². The molecule has 0 saturated carbocycles. The van der Waals surface area contributed by atoms with Gasteiger partial charge in [0.25, 0.3) is 11.8 Å². The van der Waals surface area contributed by atoms with Gasteiger partial charge in [-0.05, 0) is 24.6 Å². The number of halogens is 1. The van der Waals surface area contributed by atoms with E-state index in [0.29, 0.717) is 22.7 Å². The van der Waals surface area contributed by atoms with Crippen molar-refractivity contribution in [3.05, 3.63) is 39.3 Å².